The second-order valence-electron chi connectivity index (χ2n) is 8.99. The number of aromatic nitrogens is 3. The third-order valence-corrected chi connectivity index (χ3v) is 9.74. The first-order valence-corrected chi connectivity index (χ1v) is 16.4. The van der Waals surface area contributed by atoms with Crippen LogP contribution < -0.4 is 17.0 Å². The van der Waals surface area contributed by atoms with Crippen molar-refractivity contribution in [1.82, 2.24) is 14.1 Å². The first kappa shape index (κ1) is 33.0. The Morgan fingerprint density at radius 1 is 0.953 bits per heavy atom. The predicted molar refractivity (Wildman–Crippen MR) is 144 cm³/mol. The van der Waals surface area contributed by atoms with Gasteiger partial charge >= 0.3 is 29.2 Å². The van der Waals surface area contributed by atoms with Gasteiger partial charge in [-0.25, -0.2) is 18.5 Å². The van der Waals surface area contributed by atoms with E-state index in [1.807, 2.05) is 0 Å². The highest BCUT2D eigenvalue weighted by Gasteiger charge is 2.47. The van der Waals surface area contributed by atoms with Gasteiger partial charge in [0.15, 0.2) is 6.23 Å². The van der Waals surface area contributed by atoms with E-state index in [0.717, 1.165) is 21.4 Å². The van der Waals surface area contributed by atoms with Gasteiger partial charge in [-0.2, -0.15) is 8.62 Å². The fourth-order valence-electron chi connectivity index (χ4n) is 4.09. The van der Waals surface area contributed by atoms with Crippen molar-refractivity contribution >= 4 is 29.2 Å². The number of phosphoric acid groups is 3. The van der Waals surface area contributed by atoms with Crippen molar-refractivity contribution in [3.63, 3.8) is 0 Å². The van der Waals surface area contributed by atoms with Gasteiger partial charge in [0, 0.05) is 29.7 Å². The molecule has 0 bridgehead atoms. The number of para-hydroxylation sites is 1. The number of nitrogens with zero attached hydrogens (tertiary/aromatic N) is 3. The van der Waals surface area contributed by atoms with Crippen LogP contribution in [-0.2, 0) is 38.1 Å². The third kappa shape index (κ3) is 8.20. The second-order valence-corrected chi connectivity index (χ2v) is 13.4. The molecule has 1 fully saturated rings. The SMILES string of the molecule is Nc1ccccc1-c1ccnc(Cn2c(=O)ccn([C@@H]3O[C@H](COP(=O)(O)OP(=O)(O)OP(=O)(O)O)C(O)C3O)c2=O)c1. The number of pyridine rings is 1. The molecule has 19 nitrogen and oxygen atoms in total. The number of phosphoric ester groups is 1. The van der Waals surface area contributed by atoms with Gasteiger partial charge in [0.25, 0.3) is 5.56 Å². The number of hydrogen-bond acceptors (Lipinski definition) is 13. The summed E-state index contributed by atoms with van der Waals surface area (Å²) < 4.78 is 52.8. The molecule has 1 aliphatic rings. The molecule has 0 spiro atoms. The van der Waals surface area contributed by atoms with Crippen molar-refractivity contribution in [2.24, 2.45) is 0 Å². The van der Waals surface area contributed by atoms with Crippen LogP contribution in [-0.4, -0.2) is 68.8 Å². The minimum Gasteiger partial charge on any atom is -0.398 e. The van der Waals surface area contributed by atoms with Gasteiger partial charge in [-0.1, -0.05) is 18.2 Å². The summed E-state index contributed by atoms with van der Waals surface area (Å²) in [5.41, 5.74) is 6.48. The molecule has 8 N–H and O–H groups in total. The lowest BCUT2D eigenvalue weighted by atomic mass is 10.0. The standard InChI is InChI=1S/C21H25N4O15P3/c22-15-4-2-1-3-14(15)12-5-7-23-13(9-12)10-25-17(26)6-8-24(21(25)29)20-19(28)18(27)16(38-20)11-37-42(33,34)40-43(35,36)39-41(30,31)32/h1-9,16,18-20,27-28H,10-11,22H2,(H,33,34)(H,35,36)(H2,30,31,32)/t16-,18?,19?,20-/m1/s1. The zero-order valence-electron chi connectivity index (χ0n) is 21.5. The first-order chi connectivity index (χ1) is 20.0. The maximum Gasteiger partial charge on any atom is 0.490 e. The summed E-state index contributed by atoms with van der Waals surface area (Å²) in [6.45, 7) is -1.40. The van der Waals surface area contributed by atoms with Crippen LogP contribution in [0.25, 0.3) is 11.1 Å². The molecule has 0 radical (unpaired) electrons. The van der Waals surface area contributed by atoms with E-state index < -0.39 is 65.9 Å². The molecule has 4 unspecified atom stereocenters. The zero-order valence-corrected chi connectivity index (χ0v) is 24.2. The highest BCUT2D eigenvalue weighted by Crippen LogP contribution is 2.66. The third-order valence-electron chi connectivity index (χ3n) is 5.93. The van der Waals surface area contributed by atoms with Crippen LogP contribution in [0.2, 0.25) is 0 Å². The molecule has 2 aromatic heterocycles. The minimum absolute atomic E-state index is 0.305. The van der Waals surface area contributed by atoms with E-state index in [1.54, 1.807) is 36.4 Å². The number of anilines is 1. The summed E-state index contributed by atoms with van der Waals surface area (Å²) >= 11 is 0. The van der Waals surface area contributed by atoms with E-state index in [9.17, 15) is 43.3 Å². The van der Waals surface area contributed by atoms with E-state index in [1.165, 1.54) is 6.20 Å². The number of benzene rings is 1. The molecule has 43 heavy (non-hydrogen) atoms. The molecular weight excluding hydrogens is 641 g/mol. The van der Waals surface area contributed by atoms with Crippen LogP contribution in [0.3, 0.4) is 0 Å². The van der Waals surface area contributed by atoms with Gasteiger partial charge in [-0.05, 0) is 23.8 Å². The molecule has 234 valence electrons. The van der Waals surface area contributed by atoms with E-state index >= 15 is 0 Å². The van der Waals surface area contributed by atoms with Crippen LogP contribution in [0.5, 0.6) is 0 Å². The fourth-order valence-corrected chi connectivity index (χ4v) is 7.12. The molecule has 1 saturated heterocycles. The van der Waals surface area contributed by atoms with Gasteiger partial charge < -0.3 is 40.3 Å². The molecule has 6 atom stereocenters. The Kier molecular flexibility index (Phi) is 9.71. The second kappa shape index (κ2) is 12.6. The van der Waals surface area contributed by atoms with Gasteiger partial charge in [0.05, 0.1) is 18.8 Å². The monoisotopic (exact) mass is 666 g/mol. The Morgan fingerprint density at radius 3 is 2.33 bits per heavy atom. The van der Waals surface area contributed by atoms with Crippen LogP contribution in [0, 0.1) is 0 Å². The van der Waals surface area contributed by atoms with Crippen molar-refractivity contribution in [3.8, 4) is 11.1 Å². The number of aliphatic hydroxyl groups excluding tert-OH is 2. The summed E-state index contributed by atoms with van der Waals surface area (Å²) in [5, 5.41) is 20.9. The molecule has 0 aliphatic carbocycles. The Hall–Kier alpha value is -2.86. The number of rotatable bonds is 11. The summed E-state index contributed by atoms with van der Waals surface area (Å²) in [4.78, 5) is 66.1. The Morgan fingerprint density at radius 2 is 1.65 bits per heavy atom. The number of ether oxygens (including phenoxy) is 1. The van der Waals surface area contributed by atoms with Crippen molar-refractivity contribution in [2.45, 2.75) is 31.1 Å². The molecule has 3 heterocycles. The quantitative estimate of drug-likeness (QED) is 0.102. The van der Waals surface area contributed by atoms with Crippen LogP contribution in [0.1, 0.15) is 11.9 Å². The number of nitrogen functional groups attached to an aromatic ring is 1. The van der Waals surface area contributed by atoms with Gasteiger partial charge in [-0.15, -0.1) is 0 Å². The van der Waals surface area contributed by atoms with Gasteiger partial charge in [0.1, 0.15) is 18.3 Å². The zero-order chi connectivity index (χ0) is 31.7. The molecule has 1 aliphatic heterocycles. The fraction of sp³-hybridized carbons (Fsp3) is 0.286. The van der Waals surface area contributed by atoms with Crippen molar-refractivity contribution in [1.29, 1.82) is 0 Å². The molecule has 4 rings (SSSR count). The summed E-state index contributed by atoms with van der Waals surface area (Å²) in [7, 11) is -17.0. The van der Waals surface area contributed by atoms with E-state index in [2.05, 4.69) is 18.1 Å². The maximum absolute atomic E-state index is 13.3. The number of aliphatic hydroxyl groups is 2. The van der Waals surface area contributed by atoms with Crippen LogP contribution in [0.4, 0.5) is 5.69 Å². The van der Waals surface area contributed by atoms with Gasteiger partial charge in [0.2, 0.25) is 0 Å². The van der Waals surface area contributed by atoms with Crippen molar-refractivity contribution < 1.29 is 61.4 Å². The molecular formula is C21H25N4O15P3. The van der Waals surface area contributed by atoms with E-state index in [4.69, 9.17) is 20.3 Å². The molecule has 0 saturated carbocycles. The molecule has 3 aromatic rings. The van der Waals surface area contributed by atoms with E-state index in [-0.39, 0.29) is 6.54 Å². The number of nitrogens with two attached hydrogens (primary N) is 1. The summed E-state index contributed by atoms with van der Waals surface area (Å²) in [6.07, 6.45) is -4.55. The molecule has 1 aromatic carbocycles. The maximum atomic E-state index is 13.3. The lowest BCUT2D eigenvalue weighted by molar-refractivity contribution is -0.0547. The normalized spacial score (nSPS) is 23.5. The lowest BCUT2D eigenvalue weighted by Crippen LogP contribution is -2.43. The Bertz CT molecular complexity index is 1760. The highest BCUT2D eigenvalue weighted by atomic mass is 31.3. The largest absolute Gasteiger partial charge is 0.490 e. The predicted octanol–water partition coefficient (Wildman–Crippen LogP) is -0.335. The first-order valence-electron chi connectivity index (χ1n) is 11.9. The summed E-state index contributed by atoms with van der Waals surface area (Å²) in [5.74, 6) is 0. The summed E-state index contributed by atoms with van der Waals surface area (Å²) in [6, 6.07) is 11.3. The number of hydrogen-bond donors (Lipinski definition) is 7. The molecule has 22 heteroatoms. The van der Waals surface area contributed by atoms with Crippen LogP contribution >= 0.6 is 23.5 Å². The molecule has 0 amide bonds. The average Bonchev–Trinajstić information content (AvgIpc) is 3.17. The lowest BCUT2D eigenvalue weighted by Gasteiger charge is -2.19. The topological polar surface area (TPSA) is 292 Å². The van der Waals surface area contributed by atoms with Crippen molar-refractivity contribution in [3.05, 3.63) is 81.4 Å². The highest BCUT2D eigenvalue weighted by molar-refractivity contribution is 7.66. The van der Waals surface area contributed by atoms with E-state index in [0.29, 0.717) is 22.5 Å². The average molecular weight is 666 g/mol. The Labute approximate surface area is 240 Å². The van der Waals surface area contributed by atoms with Gasteiger partial charge in [-0.3, -0.25) is 23.4 Å². The smallest absolute Gasteiger partial charge is 0.398 e. The van der Waals surface area contributed by atoms with Crippen LogP contribution in [0.15, 0.2) is 64.4 Å². The Balaban J connectivity index is 1.51. The minimum atomic E-state index is -5.80. The van der Waals surface area contributed by atoms with Crippen molar-refractivity contribution in [2.75, 3.05) is 12.3 Å².